The van der Waals surface area contributed by atoms with E-state index in [2.05, 4.69) is 39.6 Å². The Labute approximate surface area is 151 Å². The first-order valence-corrected chi connectivity index (χ1v) is 8.60. The fourth-order valence-electron chi connectivity index (χ4n) is 3.19. The Kier molecular flexibility index (Phi) is 4.27. The predicted octanol–water partition coefficient (Wildman–Crippen LogP) is 3.65. The maximum Gasteiger partial charge on any atom is 0.253 e. The molecule has 2 heterocycles. The number of aromatic nitrogens is 3. The highest BCUT2D eigenvalue weighted by Crippen LogP contribution is 2.21. The number of aryl methyl sites for hydroxylation is 1. The Morgan fingerprint density at radius 2 is 1.88 bits per heavy atom. The minimum Gasteiger partial charge on any atom is -0.358 e. The molecule has 0 atom stereocenters. The zero-order valence-electron chi connectivity index (χ0n) is 14.6. The summed E-state index contributed by atoms with van der Waals surface area (Å²) in [6.45, 7) is 3.23. The molecular formula is C21H20N4O. The largest absolute Gasteiger partial charge is 0.358 e. The average Bonchev–Trinajstić information content (AvgIpc) is 3.27. The first-order chi connectivity index (χ1) is 12.7. The normalized spacial score (nSPS) is 11.0. The zero-order valence-corrected chi connectivity index (χ0v) is 14.6. The minimum absolute atomic E-state index is 0.0533. The third-order valence-electron chi connectivity index (χ3n) is 4.52. The van der Waals surface area contributed by atoms with Crippen molar-refractivity contribution in [2.45, 2.75) is 20.0 Å². The Morgan fingerprint density at radius 3 is 2.65 bits per heavy atom. The van der Waals surface area contributed by atoms with Crippen LogP contribution in [0.3, 0.4) is 0 Å². The van der Waals surface area contributed by atoms with Gasteiger partial charge in [-0.1, -0.05) is 42.5 Å². The summed E-state index contributed by atoms with van der Waals surface area (Å²) >= 11 is 0. The molecule has 26 heavy (non-hydrogen) atoms. The molecule has 2 aromatic carbocycles. The topological polar surface area (TPSA) is 62.7 Å². The number of aromatic amines is 1. The third kappa shape index (κ3) is 3.24. The van der Waals surface area contributed by atoms with Gasteiger partial charge in [-0.05, 0) is 24.1 Å². The number of hydrogen-bond acceptors (Lipinski definition) is 2. The van der Waals surface area contributed by atoms with Crippen LogP contribution >= 0.6 is 0 Å². The molecule has 4 aromatic rings. The van der Waals surface area contributed by atoms with Crippen molar-refractivity contribution in [1.82, 2.24) is 19.9 Å². The van der Waals surface area contributed by atoms with Gasteiger partial charge >= 0.3 is 0 Å². The number of benzene rings is 2. The monoisotopic (exact) mass is 344 g/mol. The number of carbonyl (C=O) groups is 1. The highest BCUT2D eigenvalue weighted by Gasteiger charge is 2.15. The lowest BCUT2D eigenvalue weighted by Crippen LogP contribution is -2.23. The van der Waals surface area contributed by atoms with E-state index in [-0.39, 0.29) is 5.91 Å². The summed E-state index contributed by atoms with van der Waals surface area (Å²) in [6.07, 6.45) is 5.52. The lowest BCUT2D eigenvalue weighted by Gasteiger charge is -2.07. The first kappa shape index (κ1) is 16.1. The fraction of sp³-hybridized carbons (Fsp3) is 0.143. The summed E-state index contributed by atoms with van der Waals surface area (Å²) in [5.74, 6) is -0.0533. The fourth-order valence-corrected chi connectivity index (χ4v) is 3.19. The summed E-state index contributed by atoms with van der Waals surface area (Å²) < 4.78 is 2.02. The van der Waals surface area contributed by atoms with E-state index in [1.807, 2.05) is 42.0 Å². The Bertz CT molecular complexity index is 1030. The average molecular weight is 344 g/mol. The van der Waals surface area contributed by atoms with Crippen LogP contribution in [0.25, 0.3) is 10.9 Å². The van der Waals surface area contributed by atoms with Crippen LogP contribution in [0.15, 0.2) is 67.3 Å². The molecule has 0 bridgehead atoms. The second-order valence-electron chi connectivity index (χ2n) is 6.40. The van der Waals surface area contributed by atoms with Gasteiger partial charge in [-0.25, -0.2) is 4.98 Å². The molecular weight excluding hydrogens is 324 g/mol. The number of para-hydroxylation sites is 1. The molecule has 0 aliphatic rings. The zero-order chi connectivity index (χ0) is 17.9. The number of H-pyrrole nitrogens is 1. The summed E-state index contributed by atoms with van der Waals surface area (Å²) in [7, 11) is 0. The van der Waals surface area contributed by atoms with E-state index in [0.717, 1.165) is 34.3 Å². The molecule has 0 fully saturated rings. The van der Waals surface area contributed by atoms with E-state index in [4.69, 9.17) is 0 Å². The van der Waals surface area contributed by atoms with Crippen molar-refractivity contribution in [3.8, 4) is 0 Å². The van der Waals surface area contributed by atoms with Crippen LogP contribution in [0, 0.1) is 6.92 Å². The van der Waals surface area contributed by atoms with Crippen LogP contribution in [0.5, 0.6) is 0 Å². The highest BCUT2D eigenvalue weighted by molar-refractivity contribution is 6.08. The number of hydrogen-bond donors (Lipinski definition) is 2. The van der Waals surface area contributed by atoms with E-state index >= 15 is 0 Å². The standard InChI is InChI=1S/C21H20N4O/c1-15-20(18-4-2-3-5-19(18)24-15)21(26)23-12-16-6-8-17(9-7-16)13-25-11-10-22-14-25/h2-11,14,24H,12-13H2,1H3,(H,23,26). The van der Waals surface area contributed by atoms with Gasteiger partial charge in [-0.15, -0.1) is 0 Å². The van der Waals surface area contributed by atoms with Crippen LogP contribution in [-0.2, 0) is 13.1 Å². The van der Waals surface area contributed by atoms with Gasteiger partial charge in [0.25, 0.3) is 5.91 Å². The van der Waals surface area contributed by atoms with Gasteiger partial charge in [0.05, 0.1) is 11.9 Å². The first-order valence-electron chi connectivity index (χ1n) is 8.60. The molecule has 5 nitrogen and oxygen atoms in total. The van der Waals surface area contributed by atoms with Crippen molar-refractivity contribution < 1.29 is 4.79 Å². The number of carbonyl (C=O) groups excluding carboxylic acids is 1. The lowest BCUT2D eigenvalue weighted by atomic mass is 10.1. The van der Waals surface area contributed by atoms with E-state index in [1.165, 1.54) is 5.56 Å². The summed E-state index contributed by atoms with van der Waals surface area (Å²) in [4.78, 5) is 20.0. The number of rotatable bonds is 5. The van der Waals surface area contributed by atoms with Crippen molar-refractivity contribution in [2.75, 3.05) is 0 Å². The predicted molar refractivity (Wildman–Crippen MR) is 102 cm³/mol. The van der Waals surface area contributed by atoms with Gasteiger partial charge < -0.3 is 14.9 Å². The number of nitrogens with one attached hydrogen (secondary N) is 2. The van der Waals surface area contributed by atoms with Gasteiger partial charge in [-0.2, -0.15) is 0 Å². The van der Waals surface area contributed by atoms with Gasteiger partial charge in [-0.3, -0.25) is 4.79 Å². The van der Waals surface area contributed by atoms with E-state index in [9.17, 15) is 4.79 Å². The van der Waals surface area contributed by atoms with Crippen LogP contribution in [0.2, 0.25) is 0 Å². The van der Waals surface area contributed by atoms with Gasteiger partial charge in [0.15, 0.2) is 0 Å². The quantitative estimate of drug-likeness (QED) is 0.580. The molecule has 0 aliphatic carbocycles. The van der Waals surface area contributed by atoms with E-state index in [1.54, 1.807) is 12.5 Å². The van der Waals surface area contributed by atoms with Crippen LogP contribution in [0.1, 0.15) is 27.2 Å². The van der Waals surface area contributed by atoms with E-state index < -0.39 is 0 Å². The molecule has 1 amide bonds. The molecule has 4 rings (SSSR count). The van der Waals surface area contributed by atoms with Crippen LogP contribution in [-0.4, -0.2) is 20.4 Å². The van der Waals surface area contributed by atoms with E-state index in [0.29, 0.717) is 6.54 Å². The molecule has 0 unspecified atom stereocenters. The second-order valence-corrected chi connectivity index (χ2v) is 6.40. The number of amides is 1. The van der Waals surface area contributed by atoms with Crippen LogP contribution in [0.4, 0.5) is 0 Å². The number of nitrogens with zero attached hydrogens (tertiary/aromatic N) is 2. The van der Waals surface area contributed by atoms with Gasteiger partial charge in [0.2, 0.25) is 0 Å². The molecule has 130 valence electrons. The maximum absolute atomic E-state index is 12.7. The van der Waals surface area contributed by atoms with Crippen molar-refractivity contribution >= 4 is 16.8 Å². The van der Waals surface area contributed by atoms with Crippen molar-refractivity contribution in [1.29, 1.82) is 0 Å². The van der Waals surface area contributed by atoms with Crippen molar-refractivity contribution in [3.63, 3.8) is 0 Å². The lowest BCUT2D eigenvalue weighted by molar-refractivity contribution is 0.0952. The SMILES string of the molecule is Cc1[nH]c2ccccc2c1C(=O)NCc1ccc(Cn2ccnc2)cc1. The molecule has 5 heteroatoms. The molecule has 2 aromatic heterocycles. The molecule has 2 N–H and O–H groups in total. The Hall–Kier alpha value is -3.34. The Balaban J connectivity index is 1.43. The maximum atomic E-state index is 12.7. The molecule has 0 saturated heterocycles. The molecule has 0 aliphatic heterocycles. The van der Waals surface area contributed by atoms with Crippen molar-refractivity contribution in [3.05, 3.63) is 89.6 Å². The molecule has 0 spiro atoms. The highest BCUT2D eigenvalue weighted by atomic mass is 16.1. The smallest absolute Gasteiger partial charge is 0.253 e. The van der Waals surface area contributed by atoms with Crippen LogP contribution < -0.4 is 5.32 Å². The summed E-state index contributed by atoms with van der Waals surface area (Å²) in [5, 5.41) is 3.98. The second kappa shape index (κ2) is 6.88. The molecule has 0 radical (unpaired) electrons. The van der Waals surface area contributed by atoms with Crippen molar-refractivity contribution in [2.24, 2.45) is 0 Å². The molecule has 0 saturated carbocycles. The minimum atomic E-state index is -0.0533. The number of imidazole rings is 1. The summed E-state index contributed by atoms with van der Waals surface area (Å²) in [5.41, 5.74) is 4.87. The van der Waals surface area contributed by atoms with Gasteiger partial charge in [0.1, 0.15) is 0 Å². The third-order valence-corrected chi connectivity index (χ3v) is 4.52. The number of fused-ring (bicyclic) bond motifs is 1. The Morgan fingerprint density at radius 1 is 1.12 bits per heavy atom. The van der Waals surface area contributed by atoms with Gasteiger partial charge in [0, 0.05) is 42.1 Å². The summed E-state index contributed by atoms with van der Waals surface area (Å²) in [6, 6.07) is 16.1.